The van der Waals surface area contributed by atoms with E-state index in [9.17, 15) is 4.79 Å². The van der Waals surface area contributed by atoms with E-state index in [1.807, 2.05) is 19.1 Å². The van der Waals surface area contributed by atoms with E-state index in [1.165, 1.54) is 23.6 Å². The van der Waals surface area contributed by atoms with Gasteiger partial charge in [0.2, 0.25) is 0 Å². The molecule has 0 N–H and O–H groups in total. The summed E-state index contributed by atoms with van der Waals surface area (Å²) in [4.78, 5) is 12.5. The topological polar surface area (TPSA) is 26.3 Å². The smallest absolute Gasteiger partial charge is 0.306 e. The van der Waals surface area contributed by atoms with Crippen molar-refractivity contribution in [1.29, 1.82) is 0 Å². The first-order valence-corrected chi connectivity index (χ1v) is 9.71. The molecule has 6 unspecified atom stereocenters. The summed E-state index contributed by atoms with van der Waals surface area (Å²) in [6.07, 6.45) is 2.94. The van der Waals surface area contributed by atoms with Crippen molar-refractivity contribution in [3.8, 4) is 0 Å². The van der Waals surface area contributed by atoms with Gasteiger partial charge in [0.25, 0.3) is 0 Å². The second-order valence-electron chi connectivity index (χ2n) is 8.32. The quantitative estimate of drug-likeness (QED) is 0.663. The summed E-state index contributed by atoms with van der Waals surface area (Å²) in [7, 11) is 0. The van der Waals surface area contributed by atoms with Crippen molar-refractivity contribution in [2.24, 2.45) is 29.6 Å². The van der Waals surface area contributed by atoms with Crippen molar-refractivity contribution in [2.75, 3.05) is 0 Å². The maximum absolute atomic E-state index is 12.5. The highest BCUT2D eigenvalue weighted by atomic mass is 16.5. The monoisotopic (exact) mass is 336 g/mol. The summed E-state index contributed by atoms with van der Waals surface area (Å²) in [5.41, 5.74) is 1.07. The van der Waals surface area contributed by atoms with Crippen LogP contribution in [0.15, 0.2) is 42.5 Å². The third-order valence-electron chi connectivity index (χ3n) is 7.01. The van der Waals surface area contributed by atoms with Crippen molar-refractivity contribution in [1.82, 2.24) is 0 Å². The maximum atomic E-state index is 12.5. The largest absolute Gasteiger partial charge is 0.458 e. The molecule has 0 aliphatic heterocycles. The summed E-state index contributed by atoms with van der Waals surface area (Å²) in [5.74, 6) is 3.65. The van der Waals surface area contributed by atoms with Crippen LogP contribution in [-0.2, 0) is 9.53 Å². The summed E-state index contributed by atoms with van der Waals surface area (Å²) in [6, 6.07) is 14.6. The zero-order valence-corrected chi connectivity index (χ0v) is 15.4. The lowest BCUT2D eigenvalue weighted by Gasteiger charge is -2.31. The van der Waals surface area contributed by atoms with Crippen LogP contribution in [0, 0.1) is 29.6 Å². The SMILES string of the molecule is CC(OC(=O)CC1CC2CC1C(C)C2C)c1ccc2ccccc2c1. The maximum Gasteiger partial charge on any atom is 0.306 e. The van der Waals surface area contributed by atoms with E-state index >= 15 is 0 Å². The second-order valence-corrected chi connectivity index (χ2v) is 8.32. The molecule has 2 aliphatic rings. The van der Waals surface area contributed by atoms with E-state index in [0.29, 0.717) is 12.3 Å². The first kappa shape index (κ1) is 16.6. The lowest BCUT2D eigenvalue weighted by Crippen LogP contribution is -2.26. The molecule has 6 atom stereocenters. The van der Waals surface area contributed by atoms with Gasteiger partial charge in [-0.25, -0.2) is 0 Å². The second kappa shape index (κ2) is 6.48. The predicted molar refractivity (Wildman–Crippen MR) is 101 cm³/mol. The first-order chi connectivity index (χ1) is 12.0. The third-order valence-corrected chi connectivity index (χ3v) is 7.01. The Morgan fingerprint density at radius 1 is 1.08 bits per heavy atom. The number of benzene rings is 2. The van der Waals surface area contributed by atoms with E-state index in [0.717, 1.165) is 29.2 Å². The van der Waals surface area contributed by atoms with Gasteiger partial charge in [-0.05, 0) is 71.8 Å². The fourth-order valence-corrected chi connectivity index (χ4v) is 5.32. The molecule has 2 heteroatoms. The summed E-state index contributed by atoms with van der Waals surface area (Å²) < 4.78 is 5.78. The summed E-state index contributed by atoms with van der Waals surface area (Å²) in [6.45, 7) is 6.73. The Labute approximate surface area is 150 Å². The van der Waals surface area contributed by atoms with Crippen molar-refractivity contribution >= 4 is 16.7 Å². The van der Waals surface area contributed by atoms with E-state index in [4.69, 9.17) is 4.74 Å². The van der Waals surface area contributed by atoms with E-state index in [2.05, 4.69) is 44.2 Å². The minimum Gasteiger partial charge on any atom is -0.458 e. The molecule has 2 fully saturated rings. The molecule has 0 radical (unpaired) electrons. The molecule has 2 saturated carbocycles. The molecule has 2 bridgehead atoms. The number of hydrogen-bond acceptors (Lipinski definition) is 2. The van der Waals surface area contributed by atoms with Gasteiger partial charge in [0.15, 0.2) is 0 Å². The Kier molecular flexibility index (Phi) is 4.31. The van der Waals surface area contributed by atoms with Crippen LogP contribution in [0.25, 0.3) is 10.8 Å². The Bertz CT molecular complexity index is 779. The van der Waals surface area contributed by atoms with Gasteiger partial charge < -0.3 is 4.74 Å². The summed E-state index contributed by atoms with van der Waals surface area (Å²) in [5, 5.41) is 2.41. The molecule has 0 amide bonds. The van der Waals surface area contributed by atoms with Crippen LogP contribution in [0.4, 0.5) is 0 Å². The van der Waals surface area contributed by atoms with E-state index in [1.54, 1.807) is 0 Å². The molecule has 0 spiro atoms. The Morgan fingerprint density at radius 3 is 2.56 bits per heavy atom. The Morgan fingerprint density at radius 2 is 1.84 bits per heavy atom. The lowest BCUT2D eigenvalue weighted by atomic mass is 9.74. The number of carbonyl (C=O) groups excluding carboxylic acids is 1. The van der Waals surface area contributed by atoms with Crippen LogP contribution < -0.4 is 0 Å². The highest BCUT2D eigenvalue weighted by molar-refractivity contribution is 5.83. The zero-order valence-electron chi connectivity index (χ0n) is 15.4. The van der Waals surface area contributed by atoms with Gasteiger partial charge in [0.1, 0.15) is 6.10 Å². The average molecular weight is 336 g/mol. The van der Waals surface area contributed by atoms with Gasteiger partial charge in [0.05, 0.1) is 0 Å². The Hall–Kier alpha value is -1.83. The van der Waals surface area contributed by atoms with Crippen LogP contribution in [0.5, 0.6) is 0 Å². The number of ether oxygens (including phenoxy) is 1. The molecule has 2 aromatic rings. The molecule has 4 rings (SSSR count). The number of carbonyl (C=O) groups is 1. The van der Waals surface area contributed by atoms with Crippen LogP contribution in [-0.4, -0.2) is 5.97 Å². The van der Waals surface area contributed by atoms with Crippen LogP contribution >= 0.6 is 0 Å². The molecule has 2 nitrogen and oxygen atoms in total. The molecule has 0 aromatic heterocycles. The van der Waals surface area contributed by atoms with Gasteiger partial charge in [-0.2, -0.15) is 0 Å². The molecule has 2 aliphatic carbocycles. The van der Waals surface area contributed by atoms with Crippen LogP contribution in [0.3, 0.4) is 0 Å². The first-order valence-electron chi connectivity index (χ1n) is 9.71. The fourth-order valence-electron chi connectivity index (χ4n) is 5.32. The molecule has 132 valence electrons. The molecule has 2 aromatic carbocycles. The van der Waals surface area contributed by atoms with Crippen molar-refractivity contribution in [3.63, 3.8) is 0 Å². The number of fused-ring (bicyclic) bond motifs is 3. The van der Waals surface area contributed by atoms with Crippen molar-refractivity contribution in [2.45, 2.75) is 46.1 Å². The highest BCUT2D eigenvalue weighted by Crippen LogP contribution is 2.55. The molecule has 0 saturated heterocycles. The van der Waals surface area contributed by atoms with Crippen LogP contribution in [0.1, 0.15) is 51.7 Å². The normalized spacial score (nSPS) is 32.0. The van der Waals surface area contributed by atoms with Crippen LogP contribution in [0.2, 0.25) is 0 Å². The van der Waals surface area contributed by atoms with Crippen molar-refractivity contribution < 1.29 is 9.53 Å². The fraction of sp³-hybridized carbons (Fsp3) is 0.522. The van der Waals surface area contributed by atoms with E-state index in [-0.39, 0.29) is 12.1 Å². The predicted octanol–water partition coefficient (Wildman–Crippen LogP) is 5.76. The van der Waals surface area contributed by atoms with Crippen molar-refractivity contribution in [3.05, 3.63) is 48.0 Å². The van der Waals surface area contributed by atoms with E-state index < -0.39 is 0 Å². The van der Waals surface area contributed by atoms with Gasteiger partial charge >= 0.3 is 5.97 Å². The molecular formula is C23H28O2. The van der Waals surface area contributed by atoms with Gasteiger partial charge in [0, 0.05) is 6.42 Å². The molecule has 25 heavy (non-hydrogen) atoms. The van der Waals surface area contributed by atoms with Gasteiger partial charge in [-0.1, -0.05) is 50.2 Å². The van der Waals surface area contributed by atoms with Gasteiger partial charge in [-0.3, -0.25) is 4.79 Å². The number of hydrogen-bond donors (Lipinski definition) is 0. The molecule has 0 heterocycles. The molecular weight excluding hydrogens is 308 g/mol. The average Bonchev–Trinajstić information content (AvgIpc) is 3.14. The van der Waals surface area contributed by atoms with Gasteiger partial charge in [-0.15, -0.1) is 0 Å². The number of rotatable bonds is 4. The number of esters is 1. The highest BCUT2D eigenvalue weighted by Gasteiger charge is 2.49. The zero-order chi connectivity index (χ0) is 17.6. The lowest BCUT2D eigenvalue weighted by molar-refractivity contribution is -0.150. The minimum atomic E-state index is -0.188. The summed E-state index contributed by atoms with van der Waals surface area (Å²) >= 11 is 0. The Balaban J connectivity index is 1.39. The standard InChI is InChI=1S/C23H28O2/c1-14-15(2)22-12-20(14)11-21(22)13-23(24)25-16(3)18-9-8-17-6-4-5-7-19(17)10-18/h4-10,14-16,20-22H,11-13H2,1-3H3. The third kappa shape index (κ3) is 3.07. The minimum absolute atomic E-state index is 0.0296.